The lowest BCUT2D eigenvalue weighted by Gasteiger charge is -2.34. The minimum atomic E-state index is 0.177. The van der Waals surface area contributed by atoms with Crippen LogP contribution >= 0.6 is 22.6 Å². The van der Waals surface area contributed by atoms with E-state index < -0.39 is 0 Å². The summed E-state index contributed by atoms with van der Waals surface area (Å²) < 4.78 is 6.34. The van der Waals surface area contributed by atoms with Gasteiger partial charge >= 0.3 is 0 Å². The van der Waals surface area contributed by atoms with Crippen molar-refractivity contribution in [3.8, 4) is 22.5 Å². The minimum absolute atomic E-state index is 0.177. The zero-order valence-electron chi connectivity index (χ0n) is 21.4. The fourth-order valence-electron chi connectivity index (χ4n) is 7.66. The lowest BCUT2D eigenvalue weighted by Crippen LogP contribution is -2.59. The third kappa shape index (κ3) is 2.52. The zero-order valence-corrected chi connectivity index (χ0v) is 23.6. The Balaban J connectivity index is 1.48. The van der Waals surface area contributed by atoms with Gasteiger partial charge in [-0.3, -0.25) is 0 Å². The molecule has 0 bridgehead atoms. The predicted molar refractivity (Wildman–Crippen MR) is 178 cm³/mol. The number of nitrogens with zero attached hydrogens (tertiary/aromatic N) is 2. The summed E-state index contributed by atoms with van der Waals surface area (Å²) in [5.41, 5.74) is 14.5. The molecular formula is C36H20BIN2. The first-order chi connectivity index (χ1) is 19.8. The van der Waals surface area contributed by atoms with Crippen molar-refractivity contribution in [2.24, 2.45) is 0 Å². The summed E-state index contributed by atoms with van der Waals surface area (Å²) in [5.74, 6) is 0. The van der Waals surface area contributed by atoms with E-state index in [0.717, 1.165) is 0 Å². The molecule has 2 aliphatic rings. The second-order valence-electron chi connectivity index (χ2n) is 11.1. The van der Waals surface area contributed by atoms with Crippen LogP contribution in [0.15, 0.2) is 121 Å². The van der Waals surface area contributed by atoms with Crippen molar-refractivity contribution in [1.82, 2.24) is 9.13 Å². The van der Waals surface area contributed by atoms with Crippen molar-refractivity contribution in [2.45, 2.75) is 0 Å². The highest BCUT2D eigenvalue weighted by Gasteiger charge is 2.40. The van der Waals surface area contributed by atoms with E-state index in [2.05, 4.69) is 153 Å². The zero-order chi connectivity index (χ0) is 26.1. The second-order valence-corrected chi connectivity index (χ2v) is 12.3. The Bertz CT molecular complexity index is 2270. The Kier molecular flexibility index (Phi) is 4.02. The molecule has 40 heavy (non-hydrogen) atoms. The summed E-state index contributed by atoms with van der Waals surface area (Å²) in [5, 5.41) is 5.29. The summed E-state index contributed by atoms with van der Waals surface area (Å²) in [4.78, 5) is 0. The molecule has 0 spiro atoms. The molecule has 6 aromatic carbocycles. The van der Waals surface area contributed by atoms with Gasteiger partial charge in [0.15, 0.2) is 0 Å². The van der Waals surface area contributed by atoms with E-state index in [-0.39, 0.29) is 6.71 Å². The van der Waals surface area contributed by atoms with Crippen LogP contribution in [0.1, 0.15) is 0 Å². The normalized spacial score (nSPS) is 13.1. The van der Waals surface area contributed by atoms with Gasteiger partial charge in [0.25, 0.3) is 6.71 Å². The highest BCUT2D eigenvalue weighted by Crippen LogP contribution is 2.40. The van der Waals surface area contributed by atoms with Crippen LogP contribution in [0.4, 0.5) is 0 Å². The fourth-order valence-corrected chi connectivity index (χ4v) is 8.20. The van der Waals surface area contributed by atoms with Gasteiger partial charge in [-0.2, -0.15) is 0 Å². The number of aromatic nitrogens is 2. The third-order valence-electron chi connectivity index (χ3n) is 9.14. The van der Waals surface area contributed by atoms with Crippen molar-refractivity contribution in [3.63, 3.8) is 0 Å². The van der Waals surface area contributed by atoms with E-state index in [1.165, 1.54) is 86.1 Å². The lowest BCUT2D eigenvalue weighted by molar-refractivity contribution is 1.14. The first kappa shape index (κ1) is 21.5. The molecule has 10 rings (SSSR count). The van der Waals surface area contributed by atoms with Crippen molar-refractivity contribution in [3.05, 3.63) is 125 Å². The molecule has 4 heterocycles. The quantitative estimate of drug-likeness (QED) is 0.135. The molecule has 0 fully saturated rings. The minimum Gasteiger partial charge on any atom is -0.310 e. The molecule has 2 aromatic heterocycles. The van der Waals surface area contributed by atoms with Gasteiger partial charge < -0.3 is 9.13 Å². The van der Waals surface area contributed by atoms with E-state index in [9.17, 15) is 0 Å². The highest BCUT2D eigenvalue weighted by atomic mass is 127. The standard InChI is InChI=1S/C36H20BIN2/c38-23-9-5-8-21(18-23)22-19-32-34-33(20-22)40-31-17-4-2-11-25(31)27-13-7-15-29(36(27)40)37(34)28-14-6-12-26-24-10-1-3-16-30(24)39(32)35(26)28/h1-20H. The van der Waals surface area contributed by atoms with Crippen LogP contribution in [0.2, 0.25) is 0 Å². The van der Waals surface area contributed by atoms with Gasteiger partial charge in [-0.15, -0.1) is 0 Å². The van der Waals surface area contributed by atoms with E-state index in [4.69, 9.17) is 0 Å². The van der Waals surface area contributed by atoms with E-state index in [0.29, 0.717) is 0 Å². The topological polar surface area (TPSA) is 9.86 Å². The molecule has 4 heteroatoms. The van der Waals surface area contributed by atoms with Gasteiger partial charge in [0.05, 0.1) is 11.0 Å². The molecule has 8 aromatic rings. The number of benzene rings is 6. The highest BCUT2D eigenvalue weighted by molar-refractivity contribution is 14.1. The van der Waals surface area contributed by atoms with Gasteiger partial charge in [-0.1, -0.05) is 84.9 Å². The van der Waals surface area contributed by atoms with Crippen LogP contribution in [0.25, 0.3) is 66.1 Å². The van der Waals surface area contributed by atoms with E-state index in [1.807, 2.05) is 0 Å². The Labute approximate surface area is 244 Å². The van der Waals surface area contributed by atoms with Gasteiger partial charge in [0.1, 0.15) is 0 Å². The maximum Gasteiger partial charge on any atom is 0.252 e. The Morgan fingerprint density at radius 3 is 1.57 bits per heavy atom. The monoisotopic (exact) mass is 618 g/mol. The molecule has 0 amide bonds. The van der Waals surface area contributed by atoms with Crippen LogP contribution in [0.3, 0.4) is 0 Å². The summed E-state index contributed by atoms with van der Waals surface area (Å²) in [6.07, 6.45) is 0. The molecule has 0 atom stereocenters. The van der Waals surface area contributed by atoms with Crippen LogP contribution in [0, 0.1) is 3.57 Å². The van der Waals surface area contributed by atoms with E-state index >= 15 is 0 Å². The molecule has 0 aliphatic carbocycles. The Morgan fingerprint density at radius 1 is 0.475 bits per heavy atom. The van der Waals surface area contributed by atoms with Crippen molar-refractivity contribution in [2.75, 3.05) is 0 Å². The summed E-state index contributed by atoms with van der Waals surface area (Å²) >= 11 is 2.43. The maximum absolute atomic E-state index is 2.55. The molecule has 0 unspecified atom stereocenters. The van der Waals surface area contributed by atoms with Crippen molar-refractivity contribution in [1.29, 1.82) is 0 Å². The SMILES string of the molecule is Ic1cccc(-c2cc3c4c(c2)-n2c5ccccc5c5cccc(c52)B4c2cccc4c5ccccc5n-3c24)c1. The molecular weight excluding hydrogens is 598 g/mol. The molecule has 0 saturated carbocycles. The summed E-state index contributed by atoms with van der Waals surface area (Å²) in [7, 11) is 0. The smallest absolute Gasteiger partial charge is 0.252 e. The average Bonchev–Trinajstić information content (AvgIpc) is 3.52. The number of halogens is 1. The third-order valence-corrected chi connectivity index (χ3v) is 9.81. The Hall–Kier alpha value is -4.29. The first-order valence-corrected chi connectivity index (χ1v) is 14.8. The molecule has 184 valence electrons. The van der Waals surface area contributed by atoms with Crippen LogP contribution in [-0.4, -0.2) is 15.8 Å². The maximum atomic E-state index is 2.55. The van der Waals surface area contributed by atoms with E-state index in [1.54, 1.807) is 0 Å². The first-order valence-electron chi connectivity index (χ1n) is 13.8. The Morgan fingerprint density at radius 2 is 1.00 bits per heavy atom. The number of para-hydroxylation sites is 4. The van der Waals surface area contributed by atoms with Gasteiger partial charge in [-0.25, -0.2) is 0 Å². The predicted octanol–water partition coefficient (Wildman–Crippen LogP) is 7.30. The van der Waals surface area contributed by atoms with Gasteiger partial charge in [0, 0.05) is 47.5 Å². The van der Waals surface area contributed by atoms with Crippen LogP contribution in [0.5, 0.6) is 0 Å². The molecule has 0 saturated heterocycles. The number of fused-ring (bicyclic) bond motifs is 10. The molecule has 0 radical (unpaired) electrons. The molecule has 2 nitrogen and oxygen atoms in total. The van der Waals surface area contributed by atoms with Crippen LogP contribution in [-0.2, 0) is 0 Å². The fraction of sp³-hybridized carbons (Fsp3) is 0. The second kappa shape index (κ2) is 7.46. The number of hydrogen-bond donors (Lipinski definition) is 0. The number of rotatable bonds is 1. The summed E-state index contributed by atoms with van der Waals surface area (Å²) in [6, 6.07) is 45.4. The van der Waals surface area contributed by atoms with Crippen molar-refractivity contribution >= 4 is 89.3 Å². The number of hydrogen-bond acceptors (Lipinski definition) is 0. The van der Waals surface area contributed by atoms with Crippen LogP contribution < -0.4 is 16.4 Å². The molecule has 0 N–H and O–H groups in total. The lowest BCUT2D eigenvalue weighted by atomic mass is 9.34. The average molecular weight is 618 g/mol. The largest absolute Gasteiger partial charge is 0.310 e. The summed E-state index contributed by atoms with van der Waals surface area (Å²) in [6.45, 7) is 0.177. The van der Waals surface area contributed by atoms with Crippen molar-refractivity contribution < 1.29 is 0 Å². The van der Waals surface area contributed by atoms with Gasteiger partial charge in [-0.05, 0) is 86.5 Å². The molecule has 2 aliphatic heterocycles. The van der Waals surface area contributed by atoms with Gasteiger partial charge in [0.2, 0.25) is 0 Å².